The standard InChI is InChI=1S/C17H25ClO/c1-2-5-14-7-4-10-17(19,11-9-14)13-15-6-3-8-16(18)12-15/h3,6,8,12,14,19H,2,4-5,7,9-11,13H2,1H3. The topological polar surface area (TPSA) is 20.2 Å². The molecule has 106 valence electrons. The van der Waals surface area contributed by atoms with Gasteiger partial charge < -0.3 is 5.11 Å². The molecule has 0 aromatic heterocycles. The highest BCUT2D eigenvalue weighted by Crippen LogP contribution is 2.34. The van der Waals surface area contributed by atoms with Crippen molar-refractivity contribution in [1.29, 1.82) is 0 Å². The van der Waals surface area contributed by atoms with Crippen molar-refractivity contribution in [3.05, 3.63) is 34.9 Å². The van der Waals surface area contributed by atoms with Crippen molar-refractivity contribution in [1.82, 2.24) is 0 Å². The Morgan fingerprint density at radius 2 is 2.16 bits per heavy atom. The third-order valence-electron chi connectivity index (χ3n) is 4.39. The summed E-state index contributed by atoms with van der Waals surface area (Å²) in [6.45, 7) is 2.25. The third-order valence-corrected chi connectivity index (χ3v) is 4.63. The van der Waals surface area contributed by atoms with Gasteiger partial charge in [-0.3, -0.25) is 0 Å². The first-order valence-electron chi connectivity index (χ1n) is 7.58. The average Bonchev–Trinajstić information content (AvgIpc) is 2.53. The van der Waals surface area contributed by atoms with Gasteiger partial charge in [0, 0.05) is 11.4 Å². The van der Waals surface area contributed by atoms with Crippen LogP contribution in [0.2, 0.25) is 5.02 Å². The molecule has 0 aliphatic heterocycles. The predicted molar refractivity (Wildman–Crippen MR) is 81.6 cm³/mol. The SMILES string of the molecule is CCCC1CCCC(O)(Cc2cccc(Cl)c2)CC1. The number of aliphatic hydroxyl groups is 1. The molecule has 2 heteroatoms. The normalized spacial score (nSPS) is 28.1. The highest BCUT2D eigenvalue weighted by Gasteiger charge is 2.30. The highest BCUT2D eigenvalue weighted by molar-refractivity contribution is 6.30. The molecule has 1 saturated carbocycles. The first-order valence-corrected chi connectivity index (χ1v) is 7.96. The predicted octanol–water partition coefficient (Wildman–Crippen LogP) is 4.99. The lowest BCUT2D eigenvalue weighted by atomic mass is 9.87. The Labute approximate surface area is 122 Å². The van der Waals surface area contributed by atoms with Crippen LogP contribution in [-0.4, -0.2) is 10.7 Å². The zero-order valence-electron chi connectivity index (χ0n) is 11.9. The minimum absolute atomic E-state index is 0.521. The molecule has 0 spiro atoms. The van der Waals surface area contributed by atoms with Crippen LogP contribution in [0.4, 0.5) is 0 Å². The summed E-state index contributed by atoms with van der Waals surface area (Å²) in [5.74, 6) is 0.818. The summed E-state index contributed by atoms with van der Waals surface area (Å²) in [6.07, 6.45) is 8.79. The molecule has 2 unspecified atom stereocenters. The summed E-state index contributed by atoms with van der Waals surface area (Å²) in [5.41, 5.74) is 0.636. The molecule has 1 N–H and O–H groups in total. The van der Waals surface area contributed by atoms with E-state index in [1.54, 1.807) is 0 Å². The Hall–Kier alpha value is -0.530. The van der Waals surface area contributed by atoms with Gasteiger partial charge in [-0.1, -0.05) is 56.3 Å². The zero-order chi connectivity index (χ0) is 13.7. The summed E-state index contributed by atoms with van der Waals surface area (Å²) >= 11 is 6.02. The van der Waals surface area contributed by atoms with E-state index in [0.29, 0.717) is 0 Å². The maximum Gasteiger partial charge on any atom is 0.0688 e. The Kier molecular flexibility index (Phi) is 5.29. The Bertz CT molecular complexity index is 404. The molecular weight excluding hydrogens is 256 g/mol. The lowest BCUT2D eigenvalue weighted by Gasteiger charge is -2.27. The molecule has 2 rings (SSSR count). The molecule has 1 fully saturated rings. The maximum atomic E-state index is 10.8. The molecule has 1 aromatic rings. The van der Waals surface area contributed by atoms with Crippen molar-refractivity contribution >= 4 is 11.6 Å². The second-order valence-corrected chi connectivity index (χ2v) is 6.55. The molecule has 19 heavy (non-hydrogen) atoms. The van der Waals surface area contributed by atoms with Gasteiger partial charge in [-0.25, -0.2) is 0 Å². The summed E-state index contributed by atoms with van der Waals surface area (Å²) in [7, 11) is 0. The van der Waals surface area contributed by atoms with Gasteiger partial charge in [0.15, 0.2) is 0 Å². The first kappa shape index (κ1) is 14.9. The Balaban J connectivity index is 1.98. The van der Waals surface area contributed by atoms with E-state index in [4.69, 9.17) is 11.6 Å². The van der Waals surface area contributed by atoms with E-state index in [1.807, 2.05) is 18.2 Å². The lowest BCUT2D eigenvalue weighted by Crippen LogP contribution is -2.30. The second kappa shape index (κ2) is 6.76. The van der Waals surface area contributed by atoms with Gasteiger partial charge in [0.2, 0.25) is 0 Å². The molecule has 0 amide bonds. The van der Waals surface area contributed by atoms with Crippen molar-refractivity contribution in [3.8, 4) is 0 Å². The van der Waals surface area contributed by atoms with Crippen LogP contribution < -0.4 is 0 Å². The summed E-state index contributed by atoms with van der Waals surface area (Å²) in [5, 5.41) is 11.6. The third kappa shape index (κ3) is 4.50. The number of hydrogen-bond donors (Lipinski definition) is 1. The van der Waals surface area contributed by atoms with Gasteiger partial charge in [0.1, 0.15) is 0 Å². The number of hydrogen-bond acceptors (Lipinski definition) is 1. The summed E-state index contributed by atoms with van der Waals surface area (Å²) in [4.78, 5) is 0. The van der Waals surface area contributed by atoms with Crippen LogP contribution >= 0.6 is 11.6 Å². The molecule has 1 nitrogen and oxygen atoms in total. The lowest BCUT2D eigenvalue weighted by molar-refractivity contribution is 0.0241. The van der Waals surface area contributed by atoms with Crippen molar-refractivity contribution in [2.75, 3.05) is 0 Å². The Morgan fingerprint density at radius 1 is 1.32 bits per heavy atom. The van der Waals surface area contributed by atoms with Crippen LogP contribution in [0.25, 0.3) is 0 Å². The first-order chi connectivity index (χ1) is 9.11. The van der Waals surface area contributed by atoms with E-state index >= 15 is 0 Å². The number of benzene rings is 1. The van der Waals surface area contributed by atoms with Crippen molar-refractivity contribution < 1.29 is 5.11 Å². The van der Waals surface area contributed by atoms with E-state index < -0.39 is 5.60 Å². The van der Waals surface area contributed by atoms with Gasteiger partial charge in [-0.2, -0.15) is 0 Å². The van der Waals surface area contributed by atoms with Crippen LogP contribution in [0.15, 0.2) is 24.3 Å². The van der Waals surface area contributed by atoms with Crippen LogP contribution in [0.5, 0.6) is 0 Å². The van der Waals surface area contributed by atoms with Crippen molar-refractivity contribution in [3.63, 3.8) is 0 Å². The van der Waals surface area contributed by atoms with E-state index in [1.165, 1.54) is 25.7 Å². The van der Waals surface area contributed by atoms with E-state index in [9.17, 15) is 5.11 Å². The van der Waals surface area contributed by atoms with Crippen LogP contribution in [0.3, 0.4) is 0 Å². The summed E-state index contributed by atoms with van der Waals surface area (Å²) < 4.78 is 0. The fourth-order valence-electron chi connectivity index (χ4n) is 3.36. The Morgan fingerprint density at radius 3 is 2.89 bits per heavy atom. The van der Waals surface area contributed by atoms with Crippen LogP contribution in [0, 0.1) is 5.92 Å². The van der Waals surface area contributed by atoms with Gasteiger partial charge in [-0.15, -0.1) is 0 Å². The van der Waals surface area contributed by atoms with Crippen LogP contribution in [-0.2, 0) is 6.42 Å². The monoisotopic (exact) mass is 280 g/mol. The molecule has 0 heterocycles. The zero-order valence-corrected chi connectivity index (χ0v) is 12.6. The molecular formula is C17H25ClO. The van der Waals surface area contributed by atoms with Gasteiger partial charge in [0.25, 0.3) is 0 Å². The van der Waals surface area contributed by atoms with Crippen molar-refractivity contribution in [2.45, 2.75) is 63.9 Å². The average molecular weight is 281 g/mol. The molecule has 0 saturated heterocycles. The summed E-state index contributed by atoms with van der Waals surface area (Å²) in [6, 6.07) is 7.91. The second-order valence-electron chi connectivity index (χ2n) is 6.12. The fraction of sp³-hybridized carbons (Fsp3) is 0.647. The minimum Gasteiger partial charge on any atom is -0.390 e. The largest absolute Gasteiger partial charge is 0.390 e. The highest BCUT2D eigenvalue weighted by atomic mass is 35.5. The fourth-order valence-corrected chi connectivity index (χ4v) is 3.58. The number of halogens is 1. The minimum atomic E-state index is -0.521. The van der Waals surface area contributed by atoms with E-state index in [-0.39, 0.29) is 0 Å². The molecule has 0 bridgehead atoms. The molecule has 1 aliphatic rings. The van der Waals surface area contributed by atoms with Gasteiger partial charge >= 0.3 is 0 Å². The maximum absolute atomic E-state index is 10.8. The van der Waals surface area contributed by atoms with Crippen molar-refractivity contribution in [2.24, 2.45) is 5.92 Å². The van der Waals surface area contributed by atoms with Gasteiger partial charge in [-0.05, 0) is 42.9 Å². The molecule has 2 atom stereocenters. The molecule has 1 aliphatic carbocycles. The smallest absolute Gasteiger partial charge is 0.0688 e. The number of rotatable bonds is 4. The van der Waals surface area contributed by atoms with Gasteiger partial charge in [0.05, 0.1) is 5.60 Å². The molecule has 0 radical (unpaired) electrons. The van der Waals surface area contributed by atoms with Crippen LogP contribution in [0.1, 0.15) is 57.4 Å². The molecule has 1 aromatic carbocycles. The quantitative estimate of drug-likeness (QED) is 0.770. The van der Waals surface area contributed by atoms with E-state index in [2.05, 4.69) is 13.0 Å². The van der Waals surface area contributed by atoms with E-state index in [0.717, 1.165) is 42.2 Å².